The third-order valence-corrected chi connectivity index (χ3v) is 4.26. The molecular weight excluding hydrogens is 282 g/mol. The lowest BCUT2D eigenvalue weighted by Gasteiger charge is -2.25. The summed E-state index contributed by atoms with van der Waals surface area (Å²) in [5, 5.41) is 13.4. The number of nitrogens with one attached hydrogen (secondary N) is 1. The van der Waals surface area contributed by atoms with Crippen LogP contribution in [0.15, 0.2) is 28.7 Å². The molecule has 1 heterocycles. The fraction of sp³-hybridized carbons (Fsp3) is 0.471. The predicted molar refractivity (Wildman–Crippen MR) is 83.1 cm³/mol. The number of rotatable bonds is 4. The molecule has 1 aliphatic rings. The fourth-order valence-corrected chi connectivity index (χ4v) is 3.08. The Bertz CT molecular complexity index is 664. The smallest absolute Gasteiger partial charge is 0.287 e. The van der Waals surface area contributed by atoms with Crippen LogP contribution in [0.1, 0.15) is 36.2 Å². The zero-order valence-electron chi connectivity index (χ0n) is 12.7. The minimum Gasteiger partial charge on any atom is -0.493 e. The number of hydrogen-bond acceptors (Lipinski definition) is 4. The minimum atomic E-state index is -0.230. The molecule has 1 aromatic heterocycles. The average Bonchev–Trinajstić information content (AvgIpc) is 2.96. The molecule has 0 bridgehead atoms. The normalized spacial score (nSPS) is 21.7. The number of hydrogen-bond donors (Lipinski definition) is 2. The summed E-state index contributed by atoms with van der Waals surface area (Å²) in [6.45, 7) is 0.573. The van der Waals surface area contributed by atoms with Gasteiger partial charge >= 0.3 is 0 Å². The molecule has 2 N–H and O–H groups in total. The SMILES string of the molecule is COc1cccc2cc(C(=O)NCC3CCCC(O)C3)oc12. The van der Waals surface area contributed by atoms with Crippen molar-refractivity contribution >= 4 is 16.9 Å². The summed E-state index contributed by atoms with van der Waals surface area (Å²) in [4.78, 5) is 12.2. The summed E-state index contributed by atoms with van der Waals surface area (Å²) in [7, 11) is 1.57. The highest BCUT2D eigenvalue weighted by Gasteiger charge is 2.21. The minimum absolute atomic E-state index is 0.224. The average molecular weight is 303 g/mol. The van der Waals surface area contributed by atoms with Crippen LogP contribution >= 0.6 is 0 Å². The second-order valence-electron chi connectivity index (χ2n) is 5.89. The van der Waals surface area contributed by atoms with E-state index in [1.807, 2.05) is 12.1 Å². The van der Waals surface area contributed by atoms with Crippen molar-refractivity contribution in [2.75, 3.05) is 13.7 Å². The molecule has 2 atom stereocenters. The van der Waals surface area contributed by atoms with Crippen molar-refractivity contribution in [3.8, 4) is 5.75 Å². The monoisotopic (exact) mass is 303 g/mol. The van der Waals surface area contributed by atoms with Crippen molar-refractivity contribution in [3.05, 3.63) is 30.0 Å². The van der Waals surface area contributed by atoms with Crippen molar-refractivity contribution in [1.29, 1.82) is 0 Å². The Morgan fingerprint density at radius 1 is 1.45 bits per heavy atom. The van der Waals surface area contributed by atoms with Gasteiger partial charge in [-0.15, -0.1) is 0 Å². The molecule has 0 aliphatic heterocycles. The number of methoxy groups -OCH3 is 1. The van der Waals surface area contributed by atoms with Gasteiger partial charge < -0.3 is 19.6 Å². The lowest BCUT2D eigenvalue weighted by atomic mass is 9.87. The van der Waals surface area contributed by atoms with Crippen molar-refractivity contribution in [3.63, 3.8) is 0 Å². The summed E-state index contributed by atoms with van der Waals surface area (Å²) in [6, 6.07) is 7.28. The van der Waals surface area contributed by atoms with Crippen molar-refractivity contribution in [1.82, 2.24) is 5.32 Å². The van der Waals surface area contributed by atoms with Crippen LogP contribution in [0.3, 0.4) is 0 Å². The molecule has 1 fully saturated rings. The van der Waals surface area contributed by atoms with E-state index in [0.29, 0.717) is 23.8 Å². The summed E-state index contributed by atoms with van der Waals surface area (Å²) < 4.78 is 10.9. The van der Waals surface area contributed by atoms with Gasteiger partial charge in [-0.1, -0.05) is 18.6 Å². The van der Waals surface area contributed by atoms with Crippen molar-refractivity contribution in [2.24, 2.45) is 5.92 Å². The third kappa shape index (κ3) is 3.09. The maximum absolute atomic E-state index is 12.2. The fourth-order valence-electron chi connectivity index (χ4n) is 3.08. The van der Waals surface area contributed by atoms with E-state index in [0.717, 1.165) is 31.1 Å². The highest BCUT2D eigenvalue weighted by Crippen LogP contribution is 2.28. The number of fused-ring (bicyclic) bond motifs is 1. The predicted octanol–water partition coefficient (Wildman–Crippen LogP) is 2.72. The van der Waals surface area contributed by atoms with Crippen molar-refractivity contribution in [2.45, 2.75) is 31.8 Å². The number of carbonyl (C=O) groups is 1. The molecule has 0 spiro atoms. The molecule has 5 nitrogen and oxygen atoms in total. The van der Waals surface area contributed by atoms with Gasteiger partial charge in [0.25, 0.3) is 5.91 Å². The third-order valence-electron chi connectivity index (χ3n) is 4.26. The Hall–Kier alpha value is -2.01. The number of ether oxygens (including phenoxy) is 1. The van der Waals surface area contributed by atoms with E-state index in [4.69, 9.17) is 9.15 Å². The lowest BCUT2D eigenvalue weighted by Crippen LogP contribution is -2.32. The van der Waals surface area contributed by atoms with Crippen molar-refractivity contribution < 1.29 is 19.1 Å². The first kappa shape index (κ1) is 14.9. The number of aliphatic hydroxyl groups excluding tert-OH is 1. The van der Waals surface area contributed by atoms with Gasteiger partial charge in [0.15, 0.2) is 17.1 Å². The number of furan rings is 1. The molecule has 1 aromatic carbocycles. The molecule has 1 aliphatic carbocycles. The van der Waals surface area contributed by atoms with E-state index >= 15 is 0 Å². The van der Waals surface area contributed by atoms with E-state index in [1.165, 1.54) is 0 Å². The maximum Gasteiger partial charge on any atom is 0.287 e. The second kappa shape index (κ2) is 6.40. The molecule has 118 valence electrons. The van der Waals surface area contributed by atoms with Crippen LogP contribution in [0, 0.1) is 5.92 Å². The number of para-hydroxylation sites is 1. The molecule has 22 heavy (non-hydrogen) atoms. The van der Waals surface area contributed by atoms with Gasteiger partial charge in [-0.05, 0) is 37.3 Å². The van der Waals surface area contributed by atoms with Gasteiger partial charge in [0.05, 0.1) is 13.2 Å². The Balaban J connectivity index is 1.67. The first-order valence-electron chi connectivity index (χ1n) is 7.70. The first-order valence-corrected chi connectivity index (χ1v) is 7.70. The van der Waals surface area contributed by atoms with Gasteiger partial charge in [-0.25, -0.2) is 0 Å². The largest absolute Gasteiger partial charge is 0.493 e. The quantitative estimate of drug-likeness (QED) is 0.911. The molecule has 3 rings (SSSR count). The Kier molecular flexibility index (Phi) is 4.34. The van der Waals surface area contributed by atoms with Gasteiger partial charge in [-0.2, -0.15) is 0 Å². The zero-order chi connectivity index (χ0) is 15.5. The van der Waals surface area contributed by atoms with Crippen LogP contribution in [-0.2, 0) is 0 Å². The van der Waals surface area contributed by atoms with Crippen LogP contribution in [-0.4, -0.2) is 30.8 Å². The molecule has 1 amide bonds. The standard InChI is InChI=1S/C17H21NO4/c1-21-14-7-3-5-12-9-15(22-16(12)14)17(20)18-10-11-4-2-6-13(19)8-11/h3,5,7,9,11,13,19H,2,4,6,8,10H2,1H3,(H,18,20). The molecule has 0 saturated heterocycles. The van der Waals surface area contributed by atoms with E-state index in [2.05, 4.69) is 5.32 Å². The second-order valence-corrected chi connectivity index (χ2v) is 5.89. The summed E-state index contributed by atoms with van der Waals surface area (Å²) in [5.41, 5.74) is 0.586. The Labute approximate surface area is 129 Å². The van der Waals surface area contributed by atoms with Crippen LogP contribution in [0.2, 0.25) is 0 Å². The molecule has 0 radical (unpaired) electrons. The van der Waals surface area contributed by atoms with Crippen LogP contribution in [0.5, 0.6) is 5.75 Å². The summed E-state index contributed by atoms with van der Waals surface area (Å²) in [5.74, 6) is 1.02. The number of aliphatic hydroxyl groups is 1. The van der Waals surface area contributed by atoms with Gasteiger partial charge in [0.2, 0.25) is 0 Å². The zero-order valence-corrected chi connectivity index (χ0v) is 12.7. The van der Waals surface area contributed by atoms with E-state index < -0.39 is 0 Å². The number of benzene rings is 1. The van der Waals surface area contributed by atoms with E-state index in [9.17, 15) is 9.90 Å². The summed E-state index contributed by atoms with van der Waals surface area (Å²) >= 11 is 0. The maximum atomic E-state index is 12.2. The molecule has 2 aromatic rings. The van der Waals surface area contributed by atoms with Crippen LogP contribution < -0.4 is 10.1 Å². The Morgan fingerprint density at radius 3 is 3.09 bits per heavy atom. The van der Waals surface area contributed by atoms with Gasteiger partial charge in [0.1, 0.15) is 0 Å². The number of carbonyl (C=O) groups excluding carboxylic acids is 1. The van der Waals surface area contributed by atoms with E-state index in [-0.39, 0.29) is 17.8 Å². The molecular formula is C17H21NO4. The highest BCUT2D eigenvalue weighted by atomic mass is 16.5. The Morgan fingerprint density at radius 2 is 2.32 bits per heavy atom. The lowest BCUT2D eigenvalue weighted by molar-refractivity contribution is 0.0855. The van der Waals surface area contributed by atoms with E-state index in [1.54, 1.807) is 19.2 Å². The topological polar surface area (TPSA) is 71.7 Å². The van der Waals surface area contributed by atoms with Gasteiger partial charge in [-0.3, -0.25) is 4.79 Å². The van der Waals surface area contributed by atoms with Crippen LogP contribution in [0.25, 0.3) is 11.0 Å². The van der Waals surface area contributed by atoms with Crippen LogP contribution in [0.4, 0.5) is 0 Å². The van der Waals surface area contributed by atoms with Gasteiger partial charge in [0, 0.05) is 11.9 Å². The summed E-state index contributed by atoms with van der Waals surface area (Å²) in [6.07, 6.45) is 3.46. The highest BCUT2D eigenvalue weighted by molar-refractivity contribution is 5.97. The molecule has 1 saturated carbocycles. The first-order chi connectivity index (χ1) is 10.7. The number of amides is 1. The molecule has 2 unspecified atom stereocenters. The molecule has 5 heteroatoms.